The van der Waals surface area contributed by atoms with Crippen LogP contribution in [0.1, 0.15) is 77.6 Å². The Labute approximate surface area is 212 Å². The predicted octanol–water partition coefficient (Wildman–Crippen LogP) is 4.31. The molecule has 1 aliphatic heterocycles. The second-order valence-corrected chi connectivity index (χ2v) is 9.82. The average Bonchev–Trinajstić information content (AvgIpc) is 3.26. The van der Waals surface area contributed by atoms with E-state index in [2.05, 4.69) is 18.8 Å². The van der Waals surface area contributed by atoms with Crippen molar-refractivity contribution in [1.29, 1.82) is 0 Å². The summed E-state index contributed by atoms with van der Waals surface area (Å²) in [6.07, 6.45) is 0.676. The molecule has 194 valence electrons. The van der Waals surface area contributed by atoms with Crippen molar-refractivity contribution in [3.63, 3.8) is 0 Å². The van der Waals surface area contributed by atoms with Gasteiger partial charge in [-0.15, -0.1) is 0 Å². The number of aromatic amines is 1. The first kappa shape index (κ1) is 27.2. The van der Waals surface area contributed by atoms with Crippen LogP contribution < -0.4 is 0 Å². The van der Waals surface area contributed by atoms with Gasteiger partial charge in [0.25, 0.3) is 11.7 Å². The van der Waals surface area contributed by atoms with Crippen LogP contribution >= 0.6 is 0 Å². The zero-order chi connectivity index (χ0) is 26.7. The van der Waals surface area contributed by atoms with E-state index in [9.17, 15) is 19.5 Å². The molecular formula is C28H37N3O5. The molecule has 1 aromatic heterocycles. The minimum absolute atomic E-state index is 0.0303. The van der Waals surface area contributed by atoms with Crippen molar-refractivity contribution >= 4 is 23.4 Å². The Morgan fingerprint density at radius 1 is 1.17 bits per heavy atom. The predicted molar refractivity (Wildman–Crippen MR) is 139 cm³/mol. The van der Waals surface area contributed by atoms with Crippen LogP contribution in [-0.2, 0) is 14.3 Å². The zero-order valence-corrected chi connectivity index (χ0v) is 22.3. The number of benzene rings is 1. The molecule has 2 N–H and O–H groups in total. The monoisotopic (exact) mass is 495 g/mol. The molecule has 36 heavy (non-hydrogen) atoms. The van der Waals surface area contributed by atoms with Gasteiger partial charge in [0.05, 0.1) is 18.2 Å². The number of carbonyl (C=O) groups excluding carboxylic acids is 3. The molecule has 1 aliphatic rings. The number of aliphatic hydroxyl groups is 1. The normalized spacial score (nSPS) is 17.5. The fourth-order valence-corrected chi connectivity index (χ4v) is 4.72. The van der Waals surface area contributed by atoms with Crippen LogP contribution in [0, 0.1) is 13.8 Å². The fourth-order valence-electron chi connectivity index (χ4n) is 4.72. The smallest absolute Gasteiger partial charge is 0.355 e. The van der Waals surface area contributed by atoms with Gasteiger partial charge in [0.15, 0.2) is 0 Å². The summed E-state index contributed by atoms with van der Waals surface area (Å²) in [5.41, 5.74) is 3.46. The molecule has 1 atom stereocenters. The van der Waals surface area contributed by atoms with Gasteiger partial charge in [0.1, 0.15) is 11.5 Å². The summed E-state index contributed by atoms with van der Waals surface area (Å²) >= 11 is 0. The Morgan fingerprint density at radius 3 is 2.36 bits per heavy atom. The highest BCUT2D eigenvalue weighted by Gasteiger charge is 2.46. The molecule has 1 fully saturated rings. The second-order valence-electron chi connectivity index (χ2n) is 9.82. The molecule has 8 nitrogen and oxygen atoms in total. The van der Waals surface area contributed by atoms with Crippen LogP contribution in [0.3, 0.4) is 0 Å². The summed E-state index contributed by atoms with van der Waals surface area (Å²) in [5, 5.41) is 11.5. The third-order valence-corrected chi connectivity index (χ3v) is 6.62. The molecule has 0 aliphatic carbocycles. The van der Waals surface area contributed by atoms with Gasteiger partial charge < -0.3 is 24.6 Å². The minimum Gasteiger partial charge on any atom is -0.507 e. The van der Waals surface area contributed by atoms with Crippen LogP contribution in [0.15, 0.2) is 29.8 Å². The number of aliphatic hydroxyl groups excluding tert-OH is 1. The summed E-state index contributed by atoms with van der Waals surface area (Å²) < 4.78 is 5.12. The van der Waals surface area contributed by atoms with Crippen molar-refractivity contribution in [2.24, 2.45) is 0 Å². The van der Waals surface area contributed by atoms with E-state index < -0.39 is 23.7 Å². The number of H-pyrrole nitrogens is 1. The van der Waals surface area contributed by atoms with Gasteiger partial charge in [-0.1, -0.05) is 38.1 Å². The Morgan fingerprint density at radius 2 is 1.81 bits per heavy atom. The van der Waals surface area contributed by atoms with Crippen molar-refractivity contribution in [2.75, 3.05) is 33.8 Å². The van der Waals surface area contributed by atoms with E-state index in [0.29, 0.717) is 35.7 Å². The Bertz CT molecular complexity index is 1170. The van der Waals surface area contributed by atoms with Crippen LogP contribution in [0.25, 0.3) is 5.76 Å². The maximum Gasteiger partial charge on any atom is 0.355 e. The second kappa shape index (κ2) is 11.1. The molecule has 2 aromatic rings. The number of hydrogen-bond acceptors (Lipinski definition) is 6. The number of ether oxygens (including phenoxy) is 1. The number of nitrogens with one attached hydrogen (secondary N) is 1. The molecule has 0 unspecified atom stereocenters. The van der Waals surface area contributed by atoms with Gasteiger partial charge in [0.2, 0.25) is 0 Å². The quantitative estimate of drug-likeness (QED) is 0.233. The Balaban J connectivity index is 2.16. The van der Waals surface area contributed by atoms with Gasteiger partial charge in [0, 0.05) is 17.8 Å². The maximum absolute atomic E-state index is 13.3. The lowest BCUT2D eigenvalue weighted by atomic mass is 9.92. The van der Waals surface area contributed by atoms with Crippen molar-refractivity contribution in [3.05, 3.63) is 63.5 Å². The van der Waals surface area contributed by atoms with E-state index >= 15 is 0 Å². The highest BCUT2D eigenvalue weighted by Crippen LogP contribution is 2.41. The molecule has 3 rings (SSSR count). The van der Waals surface area contributed by atoms with Gasteiger partial charge >= 0.3 is 5.97 Å². The van der Waals surface area contributed by atoms with Crippen molar-refractivity contribution < 1.29 is 24.2 Å². The molecule has 0 bridgehead atoms. The first-order valence-electron chi connectivity index (χ1n) is 12.4. The number of nitrogens with zero attached hydrogens (tertiary/aromatic N) is 2. The highest BCUT2D eigenvalue weighted by molar-refractivity contribution is 6.46. The number of amides is 1. The molecule has 2 heterocycles. The van der Waals surface area contributed by atoms with Crippen LogP contribution in [0.4, 0.5) is 0 Å². The lowest BCUT2D eigenvalue weighted by molar-refractivity contribution is -0.139. The number of esters is 1. The Hall–Kier alpha value is -3.39. The zero-order valence-electron chi connectivity index (χ0n) is 22.3. The third kappa shape index (κ3) is 5.23. The molecule has 0 saturated carbocycles. The number of likely N-dealkylation sites (tertiary alicyclic amines) is 1. The van der Waals surface area contributed by atoms with E-state index in [1.54, 1.807) is 25.7 Å². The van der Waals surface area contributed by atoms with E-state index in [1.807, 2.05) is 43.3 Å². The molecule has 0 spiro atoms. The summed E-state index contributed by atoms with van der Waals surface area (Å²) in [5.74, 6) is -1.86. The number of rotatable bonds is 9. The summed E-state index contributed by atoms with van der Waals surface area (Å²) in [4.78, 5) is 45.5. The molecule has 1 amide bonds. The van der Waals surface area contributed by atoms with Crippen molar-refractivity contribution in [3.8, 4) is 0 Å². The fraction of sp³-hybridized carbons (Fsp3) is 0.464. The number of carbonyl (C=O) groups is 3. The van der Waals surface area contributed by atoms with E-state index in [4.69, 9.17) is 4.74 Å². The first-order valence-corrected chi connectivity index (χ1v) is 12.4. The number of aryl methyl sites for hydroxylation is 1. The molecular weight excluding hydrogens is 458 g/mol. The van der Waals surface area contributed by atoms with Crippen molar-refractivity contribution in [1.82, 2.24) is 14.8 Å². The minimum atomic E-state index is -0.729. The topological polar surface area (TPSA) is 103 Å². The number of aromatic nitrogens is 1. The number of ketones is 1. The summed E-state index contributed by atoms with van der Waals surface area (Å²) in [6.45, 7) is 10.6. The summed E-state index contributed by atoms with van der Waals surface area (Å²) in [7, 11) is 3.91. The largest absolute Gasteiger partial charge is 0.507 e. The summed E-state index contributed by atoms with van der Waals surface area (Å²) in [6, 6.07) is 7.09. The van der Waals surface area contributed by atoms with Gasteiger partial charge in [-0.05, 0) is 70.4 Å². The lowest BCUT2D eigenvalue weighted by Crippen LogP contribution is -2.32. The number of hydrogen-bond donors (Lipinski definition) is 2. The maximum atomic E-state index is 13.3. The molecule has 1 aromatic carbocycles. The van der Waals surface area contributed by atoms with Gasteiger partial charge in [-0.25, -0.2) is 4.79 Å². The molecule has 8 heteroatoms. The van der Waals surface area contributed by atoms with E-state index in [1.165, 1.54) is 0 Å². The van der Waals surface area contributed by atoms with E-state index in [0.717, 1.165) is 17.7 Å². The third-order valence-electron chi connectivity index (χ3n) is 6.62. The van der Waals surface area contributed by atoms with Gasteiger partial charge in [-0.2, -0.15) is 0 Å². The lowest BCUT2D eigenvalue weighted by Gasteiger charge is -2.26. The van der Waals surface area contributed by atoms with Crippen LogP contribution in [-0.4, -0.2) is 71.3 Å². The van der Waals surface area contributed by atoms with Crippen LogP contribution in [0.5, 0.6) is 0 Å². The SMILES string of the molecule is CCOC(=O)c1[nH]c(C)c(/C(O)=C2\C(=O)C(=O)N(CCCN(C)C)[C@H]2c2ccc(C(C)C)cc2)c1C. The average molecular weight is 496 g/mol. The van der Waals surface area contributed by atoms with Crippen molar-refractivity contribution in [2.45, 2.75) is 53.0 Å². The standard InChI is InChI=1S/C28H37N3O5/c1-8-36-28(35)23-17(4)21(18(5)29-23)25(32)22-24(20-12-10-19(11-13-20)16(2)3)31(27(34)26(22)33)15-9-14-30(6)7/h10-13,16,24,29,32H,8-9,14-15H2,1-7H3/b25-22+/t24-/m0/s1. The van der Waals surface area contributed by atoms with Gasteiger partial charge in [-0.3, -0.25) is 9.59 Å². The highest BCUT2D eigenvalue weighted by atomic mass is 16.5. The Kier molecular flexibility index (Phi) is 8.40. The molecule has 0 radical (unpaired) electrons. The van der Waals surface area contributed by atoms with E-state index in [-0.39, 0.29) is 23.6 Å². The van der Waals surface area contributed by atoms with Crippen LogP contribution in [0.2, 0.25) is 0 Å². The first-order chi connectivity index (χ1) is 17.0. The molecule has 1 saturated heterocycles. The number of Topliss-reactive ketones (excluding diaryl/α,β-unsaturated/α-hetero) is 1.